The summed E-state index contributed by atoms with van der Waals surface area (Å²) in [7, 11) is 1.97. The lowest BCUT2D eigenvalue weighted by atomic mass is 11.6. The van der Waals surface area contributed by atoms with E-state index in [0.29, 0.717) is 0 Å². The maximum atomic E-state index is 2.83. The highest BCUT2D eigenvalue weighted by Crippen LogP contribution is 1.88. The summed E-state index contributed by atoms with van der Waals surface area (Å²) in [5.41, 5.74) is 0. The number of hydrogen-bond donors (Lipinski definition) is 2. The fourth-order valence-electron chi connectivity index (χ4n) is 0.184. The van der Waals surface area contributed by atoms with Crippen LogP contribution >= 0.6 is 23.5 Å². The molecule has 0 aliphatic rings. The largest absolute Gasteiger partial charge is 0.230 e. The van der Waals surface area contributed by atoms with Crippen molar-refractivity contribution in [3.63, 3.8) is 0 Å². The van der Waals surface area contributed by atoms with Gasteiger partial charge in [-0.05, 0) is 0 Å². The molecule has 0 spiro atoms. The van der Waals surface area contributed by atoms with Crippen LogP contribution in [0.3, 0.4) is 0 Å². The molecule has 0 saturated carbocycles. The van der Waals surface area contributed by atoms with E-state index >= 15 is 0 Å². The van der Waals surface area contributed by atoms with Crippen LogP contribution in [0.5, 0.6) is 0 Å². The first kappa shape index (κ1) is 4.01. The molecule has 1 aromatic rings. The average Bonchev–Trinajstić information content (AvgIpc) is 1.86. The minimum atomic E-state index is 1.53. The highest BCUT2D eigenvalue weighted by Gasteiger charge is 1.69. The molecule has 0 fully saturated rings. The standard InChI is InChI=1S/CH5N3S2/c1-4-5-2-3-6-4/h2-3H,1H3. The van der Waals surface area contributed by atoms with Gasteiger partial charge in [-0.3, -0.25) is 0 Å². The molecule has 0 aliphatic carbocycles. The van der Waals surface area contributed by atoms with Crippen molar-refractivity contribution in [2.75, 3.05) is 0 Å². The summed E-state index contributed by atoms with van der Waals surface area (Å²) in [6.45, 7) is 0. The normalized spacial score (nSPS) is 8.83. The van der Waals surface area contributed by atoms with E-state index < -0.39 is 0 Å². The topological polar surface area (TPSA) is 36.5 Å². The Balaban J connectivity index is 3.05. The molecule has 2 N–H and O–H groups in total. The van der Waals surface area contributed by atoms with Crippen LogP contribution in [0.25, 0.3) is 0 Å². The molecular formula is CH5N3S2. The molecular weight excluding hydrogens is 118 g/mol. The van der Waals surface area contributed by atoms with Gasteiger partial charge in [-0.25, -0.2) is 12.3 Å². The molecule has 3 nitrogen and oxygen atoms in total. The van der Waals surface area contributed by atoms with Crippen molar-refractivity contribution in [2.45, 2.75) is 0 Å². The highest BCUT2D eigenvalue weighted by molar-refractivity contribution is 7.14. The van der Waals surface area contributed by atoms with Gasteiger partial charge in [0.15, 0.2) is 0 Å². The van der Waals surface area contributed by atoms with E-state index in [2.05, 4.69) is 8.98 Å². The second kappa shape index (κ2) is 1.53. The molecule has 0 bridgehead atoms. The van der Waals surface area contributed by atoms with E-state index in [0.717, 1.165) is 0 Å². The average molecular weight is 123 g/mol. The number of nitrogens with one attached hydrogen (secondary N) is 2. The molecule has 0 aliphatic heterocycles. The lowest BCUT2D eigenvalue weighted by Gasteiger charge is -1.71. The molecule has 0 atom stereocenters. The zero-order valence-corrected chi connectivity index (χ0v) is 4.90. The first-order valence-corrected chi connectivity index (χ1v) is 3.02. The van der Waals surface area contributed by atoms with Gasteiger partial charge in [0.1, 0.15) is 0 Å². The maximum Gasteiger partial charge on any atom is 0.0486 e. The zero-order valence-electron chi connectivity index (χ0n) is 3.26. The van der Waals surface area contributed by atoms with E-state index in [1.54, 1.807) is 0 Å². The molecule has 0 unspecified atom stereocenters. The number of aryl methyl sites for hydroxylation is 1. The summed E-state index contributed by atoms with van der Waals surface area (Å²) in [5.74, 6) is 0. The number of nitrogens with zero attached hydrogens (tertiary/aromatic N) is 1. The molecule has 5 heteroatoms. The summed E-state index contributed by atoms with van der Waals surface area (Å²) in [4.78, 5) is 0. The molecule has 1 rings (SSSR count). The van der Waals surface area contributed by atoms with Crippen LogP contribution in [-0.4, -0.2) is 12.3 Å². The summed E-state index contributed by atoms with van der Waals surface area (Å²) < 4.78 is 7.63. The summed E-state index contributed by atoms with van der Waals surface area (Å²) in [6, 6.07) is 0. The minimum absolute atomic E-state index is 1.53. The predicted molar refractivity (Wildman–Crippen MR) is 27.5 cm³/mol. The lowest BCUT2D eigenvalue weighted by Crippen LogP contribution is -1.66. The Hall–Kier alpha value is -0.160. The Labute approximate surface area is 43.5 Å². The van der Waals surface area contributed by atoms with Gasteiger partial charge in [0.2, 0.25) is 0 Å². The van der Waals surface area contributed by atoms with E-state index in [-0.39, 0.29) is 0 Å². The van der Waals surface area contributed by atoms with Crippen LogP contribution in [-0.2, 0) is 7.05 Å². The number of hydrogen-bond acceptors (Lipinski definition) is 2. The van der Waals surface area contributed by atoms with Gasteiger partial charge < -0.3 is 0 Å². The monoisotopic (exact) mass is 123 g/mol. The number of aromatic amines is 2. The molecule has 1 aromatic heterocycles. The molecule has 0 aromatic carbocycles. The smallest absolute Gasteiger partial charge is 0.0486 e. The van der Waals surface area contributed by atoms with Gasteiger partial charge in [-0.15, -0.1) is 0 Å². The fourth-order valence-corrected chi connectivity index (χ4v) is 1.11. The van der Waals surface area contributed by atoms with Gasteiger partial charge >= 0.3 is 0 Å². The van der Waals surface area contributed by atoms with E-state index in [1.165, 1.54) is 23.5 Å². The van der Waals surface area contributed by atoms with E-state index in [4.69, 9.17) is 0 Å². The Morgan fingerprint density at radius 3 is 2.00 bits per heavy atom. The third kappa shape index (κ3) is 0.662. The third-order valence-corrected chi connectivity index (χ3v) is 1.87. The molecule has 36 valence electrons. The maximum absolute atomic E-state index is 2.83. The minimum Gasteiger partial charge on any atom is -0.230 e. The predicted octanol–water partition coefficient (Wildman–Crippen LogP) is 0.929. The Kier molecular flexibility index (Phi) is 1.02. The van der Waals surface area contributed by atoms with Crippen LogP contribution < -0.4 is 0 Å². The molecule has 1 heterocycles. The Bertz CT molecular complexity index is 112. The van der Waals surface area contributed by atoms with Gasteiger partial charge in [0.25, 0.3) is 0 Å². The van der Waals surface area contributed by atoms with Gasteiger partial charge in [-0.2, -0.15) is 0 Å². The van der Waals surface area contributed by atoms with Crippen LogP contribution in [0.15, 0.2) is 0 Å². The van der Waals surface area contributed by atoms with E-state index in [1.807, 2.05) is 10.4 Å². The van der Waals surface area contributed by atoms with Gasteiger partial charge in [0, 0.05) is 30.5 Å². The Morgan fingerprint density at radius 2 is 1.83 bits per heavy atom. The van der Waals surface area contributed by atoms with Crippen LogP contribution in [0.2, 0.25) is 0 Å². The summed E-state index contributed by atoms with van der Waals surface area (Å²) >= 11 is 3.06. The van der Waals surface area contributed by atoms with Gasteiger partial charge in [0.05, 0.1) is 0 Å². The Morgan fingerprint density at radius 1 is 1.33 bits per heavy atom. The van der Waals surface area contributed by atoms with Crippen LogP contribution in [0.4, 0.5) is 0 Å². The van der Waals surface area contributed by atoms with Crippen LogP contribution in [0, 0.1) is 0 Å². The molecule has 0 saturated heterocycles. The second-order valence-corrected chi connectivity index (χ2v) is 2.93. The van der Waals surface area contributed by atoms with Crippen molar-refractivity contribution in [1.82, 2.24) is 12.3 Å². The summed E-state index contributed by atoms with van der Waals surface area (Å²) in [6.07, 6.45) is 0. The van der Waals surface area contributed by atoms with Crippen molar-refractivity contribution in [1.29, 1.82) is 0 Å². The van der Waals surface area contributed by atoms with Crippen molar-refractivity contribution >= 4 is 23.5 Å². The highest BCUT2D eigenvalue weighted by atomic mass is 32.2. The summed E-state index contributed by atoms with van der Waals surface area (Å²) in [5, 5.41) is 0. The second-order valence-electron chi connectivity index (χ2n) is 0.826. The van der Waals surface area contributed by atoms with E-state index in [9.17, 15) is 0 Å². The number of rotatable bonds is 0. The van der Waals surface area contributed by atoms with Crippen molar-refractivity contribution in [3.8, 4) is 0 Å². The molecule has 0 radical (unpaired) electrons. The first-order valence-electron chi connectivity index (χ1n) is 1.47. The number of aromatic nitrogens is 3. The quantitative estimate of drug-likeness (QED) is 0.515. The fraction of sp³-hybridized carbons (Fsp3) is 1.00. The van der Waals surface area contributed by atoms with Gasteiger partial charge in [-0.1, -0.05) is 0 Å². The van der Waals surface area contributed by atoms with Crippen LogP contribution in [0.1, 0.15) is 0 Å². The first-order chi connectivity index (χ1) is 2.89. The zero-order chi connectivity index (χ0) is 4.41. The van der Waals surface area contributed by atoms with Crippen molar-refractivity contribution in [3.05, 3.63) is 0 Å². The van der Waals surface area contributed by atoms with Crippen molar-refractivity contribution < 1.29 is 0 Å². The lowest BCUT2D eigenvalue weighted by molar-refractivity contribution is 1.15. The number of H-pyrrole nitrogens is 2. The SMILES string of the molecule is Cn1s[nH][nH]s1. The third-order valence-electron chi connectivity index (χ3n) is 0.390. The molecule has 0 amide bonds. The van der Waals surface area contributed by atoms with Crippen molar-refractivity contribution in [2.24, 2.45) is 7.05 Å². The molecule has 6 heavy (non-hydrogen) atoms.